The van der Waals surface area contributed by atoms with Crippen molar-refractivity contribution in [2.24, 2.45) is 7.05 Å². The molecule has 0 aliphatic carbocycles. The monoisotopic (exact) mass is 306 g/mol. The summed E-state index contributed by atoms with van der Waals surface area (Å²) >= 11 is 0. The van der Waals surface area contributed by atoms with Crippen LogP contribution in [0.3, 0.4) is 0 Å². The lowest BCUT2D eigenvalue weighted by atomic mass is 10.3. The van der Waals surface area contributed by atoms with Crippen molar-refractivity contribution in [2.45, 2.75) is 11.3 Å². The predicted octanol–water partition coefficient (Wildman–Crippen LogP) is 0.350. The van der Waals surface area contributed by atoms with E-state index in [1.807, 2.05) is 0 Å². The van der Waals surface area contributed by atoms with Gasteiger partial charge in [-0.25, -0.2) is 8.42 Å². The van der Waals surface area contributed by atoms with Gasteiger partial charge in [0.15, 0.2) is 0 Å². The molecule has 7 nitrogen and oxygen atoms in total. The van der Waals surface area contributed by atoms with Gasteiger partial charge in [0.05, 0.1) is 12.8 Å². The third-order valence-corrected chi connectivity index (χ3v) is 3.87. The maximum Gasteiger partial charge on any atom is 0.264 e. The van der Waals surface area contributed by atoms with E-state index < -0.39 is 10.0 Å². The van der Waals surface area contributed by atoms with Crippen LogP contribution >= 0.6 is 0 Å². The van der Waals surface area contributed by atoms with Crippen molar-refractivity contribution < 1.29 is 13.5 Å². The quantitative estimate of drug-likeness (QED) is 0.794. The second-order valence-electron chi connectivity index (χ2n) is 4.13. The van der Waals surface area contributed by atoms with Gasteiger partial charge in [-0.05, 0) is 6.07 Å². The highest BCUT2D eigenvalue weighted by Crippen LogP contribution is 2.15. The third-order valence-electron chi connectivity index (χ3n) is 2.55. The maximum atomic E-state index is 12.3. The summed E-state index contributed by atoms with van der Waals surface area (Å²) in [7, 11) is -2.12. The molecule has 2 heterocycles. The van der Waals surface area contributed by atoms with Crippen LogP contribution in [0.25, 0.3) is 0 Å². The summed E-state index contributed by atoms with van der Waals surface area (Å²) in [6, 6.07) is 2.98. The second-order valence-corrected chi connectivity index (χ2v) is 5.81. The Bertz CT molecular complexity index is 787. The Morgan fingerprint density at radius 1 is 1.43 bits per heavy atom. The number of hydrogen-bond donors (Lipinski definition) is 2. The highest BCUT2D eigenvalue weighted by molar-refractivity contribution is 7.92. The Hall–Kier alpha value is -2.37. The second kappa shape index (κ2) is 6.39. The van der Waals surface area contributed by atoms with Gasteiger partial charge in [0.2, 0.25) is 0 Å². The van der Waals surface area contributed by atoms with Gasteiger partial charge in [0.1, 0.15) is 10.7 Å². The molecule has 0 fully saturated rings. The summed E-state index contributed by atoms with van der Waals surface area (Å²) in [4.78, 5) is 3.89. The number of aryl methyl sites for hydroxylation is 1. The molecule has 2 rings (SSSR count). The molecule has 0 saturated heterocycles. The minimum Gasteiger partial charge on any atom is -0.395 e. The molecule has 0 aromatic carbocycles. The van der Waals surface area contributed by atoms with Gasteiger partial charge in [0, 0.05) is 37.5 Å². The van der Waals surface area contributed by atoms with Gasteiger partial charge in [-0.1, -0.05) is 11.8 Å². The number of aliphatic hydroxyl groups is 1. The molecule has 110 valence electrons. The first-order chi connectivity index (χ1) is 10.0. The number of anilines is 1. The number of pyridine rings is 1. The summed E-state index contributed by atoms with van der Waals surface area (Å²) in [5.41, 5.74) is 0.469. The lowest BCUT2D eigenvalue weighted by molar-refractivity contribution is 0.305. The van der Waals surface area contributed by atoms with Gasteiger partial charge in [-0.2, -0.15) is 5.10 Å². The van der Waals surface area contributed by atoms with E-state index >= 15 is 0 Å². The van der Waals surface area contributed by atoms with Crippen LogP contribution in [0, 0.1) is 11.8 Å². The Morgan fingerprint density at radius 2 is 2.24 bits per heavy atom. The molecule has 0 amide bonds. The summed E-state index contributed by atoms with van der Waals surface area (Å²) in [5, 5.41) is 12.6. The largest absolute Gasteiger partial charge is 0.395 e. The van der Waals surface area contributed by atoms with Gasteiger partial charge >= 0.3 is 0 Å². The van der Waals surface area contributed by atoms with Crippen molar-refractivity contribution in [1.82, 2.24) is 14.8 Å². The normalized spacial score (nSPS) is 10.8. The molecule has 2 aromatic heterocycles. The van der Waals surface area contributed by atoms with E-state index in [2.05, 4.69) is 26.6 Å². The number of hydrogen-bond acceptors (Lipinski definition) is 5. The van der Waals surface area contributed by atoms with Gasteiger partial charge in [-0.15, -0.1) is 0 Å². The zero-order valence-electron chi connectivity index (χ0n) is 11.3. The molecule has 2 aromatic rings. The van der Waals surface area contributed by atoms with Gasteiger partial charge in [-0.3, -0.25) is 14.4 Å². The van der Waals surface area contributed by atoms with Crippen molar-refractivity contribution in [1.29, 1.82) is 0 Å². The highest BCUT2D eigenvalue weighted by Gasteiger charge is 2.16. The molecule has 0 unspecified atom stereocenters. The first-order valence-corrected chi connectivity index (χ1v) is 7.57. The zero-order valence-corrected chi connectivity index (χ0v) is 12.1. The number of sulfonamides is 1. The topological polar surface area (TPSA) is 97.1 Å². The molecule has 0 saturated carbocycles. The molecule has 2 N–H and O–H groups in total. The predicted molar refractivity (Wildman–Crippen MR) is 76.8 cm³/mol. The summed E-state index contributed by atoms with van der Waals surface area (Å²) in [6.07, 6.45) is 4.53. The Balaban J connectivity index is 2.27. The average Bonchev–Trinajstić information content (AvgIpc) is 2.84. The Labute approximate surface area is 122 Å². The van der Waals surface area contributed by atoms with E-state index in [1.54, 1.807) is 13.1 Å². The Kier molecular flexibility index (Phi) is 4.57. The molecule has 0 atom stereocenters. The molecule has 21 heavy (non-hydrogen) atoms. The SMILES string of the molecule is Cn1nccc1NS(=O)(=O)c1cncc(C#CCCO)c1. The van der Waals surface area contributed by atoms with Crippen LogP contribution in [-0.2, 0) is 17.1 Å². The van der Waals surface area contributed by atoms with E-state index in [1.165, 1.54) is 29.3 Å². The number of aromatic nitrogens is 3. The molecular weight excluding hydrogens is 292 g/mol. The molecule has 0 radical (unpaired) electrons. The minimum atomic E-state index is -3.75. The molecule has 0 spiro atoms. The van der Waals surface area contributed by atoms with E-state index in [-0.39, 0.29) is 11.5 Å². The third kappa shape index (κ3) is 3.81. The zero-order chi connectivity index (χ0) is 15.3. The van der Waals surface area contributed by atoms with E-state index in [0.717, 1.165) is 0 Å². The van der Waals surface area contributed by atoms with Crippen LogP contribution in [0.15, 0.2) is 35.6 Å². The summed E-state index contributed by atoms with van der Waals surface area (Å²) < 4.78 is 28.3. The van der Waals surface area contributed by atoms with Crippen molar-refractivity contribution in [2.75, 3.05) is 11.3 Å². The maximum absolute atomic E-state index is 12.3. The fraction of sp³-hybridized carbons (Fsp3) is 0.231. The van der Waals surface area contributed by atoms with Gasteiger partial charge in [0.25, 0.3) is 10.0 Å². The van der Waals surface area contributed by atoms with Crippen LogP contribution in [-0.4, -0.2) is 34.9 Å². The van der Waals surface area contributed by atoms with Crippen molar-refractivity contribution in [3.63, 3.8) is 0 Å². The van der Waals surface area contributed by atoms with Gasteiger partial charge < -0.3 is 5.11 Å². The van der Waals surface area contributed by atoms with E-state index in [0.29, 0.717) is 17.8 Å². The average molecular weight is 306 g/mol. The molecule has 0 aliphatic heterocycles. The smallest absolute Gasteiger partial charge is 0.264 e. The first-order valence-electron chi connectivity index (χ1n) is 6.08. The molecule has 8 heteroatoms. The Morgan fingerprint density at radius 3 is 2.90 bits per heavy atom. The van der Waals surface area contributed by atoms with Crippen LogP contribution in [0.2, 0.25) is 0 Å². The number of rotatable bonds is 4. The van der Waals surface area contributed by atoms with E-state index in [4.69, 9.17) is 5.11 Å². The van der Waals surface area contributed by atoms with Crippen LogP contribution in [0.4, 0.5) is 5.82 Å². The summed E-state index contributed by atoms with van der Waals surface area (Å²) in [6.45, 7) is -0.0412. The molecule has 0 aliphatic rings. The van der Waals surface area contributed by atoms with Crippen LogP contribution in [0.5, 0.6) is 0 Å². The van der Waals surface area contributed by atoms with E-state index in [9.17, 15) is 8.42 Å². The standard InChI is InChI=1S/C13H14N4O3S/c1-17-13(5-6-15-17)16-21(19,20)12-8-11(9-14-10-12)4-2-3-7-18/h5-6,8-10,16,18H,3,7H2,1H3. The van der Waals surface area contributed by atoms with Crippen LogP contribution < -0.4 is 4.72 Å². The lowest BCUT2D eigenvalue weighted by Crippen LogP contribution is -2.15. The summed E-state index contributed by atoms with van der Waals surface area (Å²) in [5.74, 6) is 5.81. The molecular formula is C13H14N4O3S. The fourth-order valence-electron chi connectivity index (χ4n) is 1.53. The lowest BCUT2D eigenvalue weighted by Gasteiger charge is -2.07. The fourth-order valence-corrected chi connectivity index (χ4v) is 2.60. The highest BCUT2D eigenvalue weighted by atomic mass is 32.2. The van der Waals surface area contributed by atoms with Crippen molar-refractivity contribution in [3.8, 4) is 11.8 Å². The van der Waals surface area contributed by atoms with Crippen molar-refractivity contribution >= 4 is 15.8 Å². The van der Waals surface area contributed by atoms with Crippen molar-refractivity contribution in [3.05, 3.63) is 36.3 Å². The number of nitrogens with zero attached hydrogens (tertiary/aromatic N) is 3. The number of aliphatic hydroxyl groups excluding tert-OH is 1. The van der Waals surface area contributed by atoms with Crippen LogP contribution in [0.1, 0.15) is 12.0 Å². The number of nitrogens with one attached hydrogen (secondary N) is 1. The minimum absolute atomic E-state index is 0.0134. The molecule has 0 bridgehead atoms. The first kappa shape index (κ1) is 15.0.